The van der Waals surface area contributed by atoms with Gasteiger partial charge in [-0.1, -0.05) is 22.9 Å². The van der Waals surface area contributed by atoms with Crippen molar-refractivity contribution < 1.29 is 19.1 Å². The molecule has 0 radical (unpaired) electrons. The Balaban J connectivity index is 2.39. The molecule has 4 nitrogen and oxygen atoms in total. The summed E-state index contributed by atoms with van der Waals surface area (Å²) in [7, 11) is 0. The van der Waals surface area contributed by atoms with Crippen molar-refractivity contribution in [2.45, 2.75) is 30.7 Å². The predicted octanol–water partition coefficient (Wildman–Crippen LogP) is 1.02. The lowest BCUT2D eigenvalue weighted by molar-refractivity contribution is -0.159. The van der Waals surface area contributed by atoms with Crippen molar-refractivity contribution >= 4 is 27.9 Å². The van der Waals surface area contributed by atoms with E-state index in [0.717, 1.165) is 0 Å². The highest BCUT2D eigenvalue weighted by Crippen LogP contribution is 2.14. The molecule has 1 heterocycles. The SMILES string of the molecule is CCC(Br)C(=O)O[C@@H]1CCOC1=O. The molecule has 0 amide bonds. The number of alkyl halides is 1. The first-order chi connectivity index (χ1) is 6.15. The summed E-state index contributed by atoms with van der Waals surface area (Å²) in [5.41, 5.74) is 0. The highest BCUT2D eigenvalue weighted by Gasteiger charge is 2.31. The molecule has 1 aliphatic rings. The molecular formula is C8H11BrO4. The van der Waals surface area contributed by atoms with Crippen molar-refractivity contribution in [3.8, 4) is 0 Å². The molecule has 0 aromatic rings. The van der Waals surface area contributed by atoms with Crippen molar-refractivity contribution in [3.05, 3.63) is 0 Å². The third-order valence-corrected chi connectivity index (χ3v) is 2.78. The molecule has 5 heteroatoms. The summed E-state index contributed by atoms with van der Waals surface area (Å²) >= 11 is 3.14. The molecule has 0 bridgehead atoms. The summed E-state index contributed by atoms with van der Waals surface area (Å²) in [5, 5.41) is 0. The lowest BCUT2D eigenvalue weighted by Gasteiger charge is -2.10. The largest absolute Gasteiger partial charge is 0.463 e. The molecule has 13 heavy (non-hydrogen) atoms. The maximum Gasteiger partial charge on any atom is 0.347 e. The second-order valence-corrected chi connectivity index (χ2v) is 3.86. The predicted molar refractivity (Wildman–Crippen MR) is 48.5 cm³/mol. The van der Waals surface area contributed by atoms with Gasteiger partial charge in [-0.2, -0.15) is 0 Å². The lowest BCUT2D eigenvalue weighted by Crippen LogP contribution is -2.27. The molecule has 1 saturated heterocycles. The van der Waals surface area contributed by atoms with Crippen molar-refractivity contribution in [2.24, 2.45) is 0 Å². The fourth-order valence-electron chi connectivity index (χ4n) is 0.965. The summed E-state index contributed by atoms with van der Waals surface area (Å²) < 4.78 is 9.56. The summed E-state index contributed by atoms with van der Waals surface area (Å²) in [5.74, 6) is -0.837. The monoisotopic (exact) mass is 250 g/mol. The molecule has 1 fully saturated rings. The fourth-order valence-corrected chi connectivity index (χ4v) is 1.07. The second kappa shape index (κ2) is 4.60. The van der Waals surface area contributed by atoms with Crippen LogP contribution in [0.1, 0.15) is 19.8 Å². The van der Waals surface area contributed by atoms with Crippen LogP contribution < -0.4 is 0 Å². The summed E-state index contributed by atoms with van der Waals surface area (Å²) in [6.07, 6.45) is 0.410. The van der Waals surface area contributed by atoms with Crippen molar-refractivity contribution in [1.29, 1.82) is 0 Å². The highest BCUT2D eigenvalue weighted by atomic mass is 79.9. The molecule has 2 atom stereocenters. The summed E-state index contributed by atoms with van der Waals surface area (Å²) in [4.78, 5) is 21.8. The Hall–Kier alpha value is -0.580. The van der Waals surface area contributed by atoms with Crippen LogP contribution in [0.25, 0.3) is 0 Å². The maximum atomic E-state index is 11.2. The van der Waals surface area contributed by atoms with Gasteiger partial charge in [0.15, 0.2) is 0 Å². The zero-order valence-electron chi connectivity index (χ0n) is 7.29. The molecule has 1 unspecified atom stereocenters. The Morgan fingerprint density at radius 2 is 2.54 bits per heavy atom. The number of halogens is 1. The molecule has 1 rings (SSSR count). The number of hydrogen-bond donors (Lipinski definition) is 0. The van der Waals surface area contributed by atoms with Gasteiger partial charge in [-0.25, -0.2) is 4.79 Å². The summed E-state index contributed by atoms with van der Waals surface area (Å²) in [6.45, 7) is 2.20. The van der Waals surface area contributed by atoms with E-state index in [1.807, 2.05) is 6.92 Å². The van der Waals surface area contributed by atoms with Gasteiger partial charge in [-0.3, -0.25) is 4.79 Å². The van der Waals surface area contributed by atoms with E-state index in [9.17, 15) is 9.59 Å². The van der Waals surface area contributed by atoms with Gasteiger partial charge in [-0.05, 0) is 6.42 Å². The van der Waals surface area contributed by atoms with Crippen LogP contribution in [0.15, 0.2) is 0 Å². The Morgan fingerprint density at radius 1 is 1.85 bits per heavy atom. The molecule has 0 aromatic carbocycles. The van der Waals surface area contributed by atoms with Crippen molar-refractivity contribution in [2.75, 3.05) is 6.61 Å². The van der Waals surface area contributed by atoms with Gasteiger partial charge in [0.2, 0.25) is 6.10 Å². The molecule has 0 saturated carbocycles. The van der Waals surface area contributed by atoms with Gasteiger partial charge in [0.1, 0.15) is 4.83 Å². The number of hydrogen-bond acceptors (Lipinski definition) is 4. The van der Waals surface area contributed by atoms with Crippen LogP contribution in [0, 0.1) is 0 Å². The van der Waals surface area contributed by atoms with E-state index in [4.69, 9.17) is 4.74 Å². The Morgan fingerprint density at radius 3 is 3.00 bits per heavy atom. The Labute approximate surface area is 84.7 Å². The van der Waals surface area contributed by atoms with Crippen molar-refractivity contribution in [3.63, 3.8) is 0 Å². The van der Waals surface area contributed by atoms with Crippen LogP contribution in [0.5, 0.6) is 0 Å². The summed E-state index contributed by atoms with van der Waals surface area (Å²) in [6, 6.07) is 0. The van der Waals surface area contributed by atoms with Gasteiger partial charge in [0.05, 0.1) is 6.61 Å². The second-order valence-electron chi connectivity index (χ2n) is 2.76. The number of carbonyl (C=O) groups is 2. The van der Waals surface area contributed by atoms with E-state index in [1.165, 1.54) is 0 Å². The van der Waals surface area contributed by atoms with Gasteiger partial charge in [-0.15, -0.1) is 0 Å². The minimum atomic E-state index is -0.695. The lowest BCUT2D eigenvalue weighted by atomic mass is 10.3. The van der Waals surface area contributed by atoms with E-state index in [0.29, 0.717) is 19.4 Å². The van der Waals surface area contributed by atoms with Crippen LogP contribution in [-0.2, 0) is 19.1 Å². The minimum Gasteiger partial charge on any atom is -0.463 e. The number of ether oxygens (including phenoxy) is 2. The van der Waals surface area contributed by atoms with Crippen molar-refractivity contribution in [1.82, 2.24) is 0 Å². The topological polar surface area (TPSA) is 52.6 Å². The molecule has 1 aliphatic heterocycles. The van der Waals surface area contributed by atoms with Crippen LogP contribution in [0.2, 0.25) is 0 Å². The smallest absolute Gasteiger partial charge is 0.347 e. The number of carbonyl (C=O) groups excluding carboxylic acids is 2. The molecule has 0 aliphatic carbocycles. The highest BCUT2D eigenvalue weighted by molar-refractivity contribution is 9.10. The first-order valence-corrected chi connectivity index (χ1v) is 5.08. The average molecular weight is 251 g/mol. The van der Waals surface area contributed by atoms with Gasteiger partial charge >= 0.3 is 11.9 Å². The third kappa shape index (κ3) is 2.69. The van der Waals surface area contributed by atoms with E-state index in [2.05, 4.69) is 20.7 Å². The Kier molecular flexibility index (Phi) is 3.71. The van der Waals surface area contributed by atoms with Crippen LogP contribution >= 0.6 is 15.9 Å². The number of esters is 2. The van der Waals surface area contributed by atoms with E-state index < -0.39 is 18.0 Å². The quantitative estimate of drug-likeness (QED) is 0.555. The molecule has 74 valence electrons. The molecule has 0 spiro atoms. The zero-order chi connectivity index (χ0) is 9.84. The van der Waals surface area contributed by atoms with E-state index >= 15 is 0 Å². The average Bonchev–Trinajstić information content (AvgIpc) is 2.50. The van der Waals surface area contributed by atoms with Gasteiger partial charge in [0.25, 0.3) is 0 Å². The standard InChI is InChI=1S/C8H11BrO4/c1-2-5(9)7(10)13-6-3-4-12-8(6)11/h5-6H,2-4H2,1H3/t5?,6-/m1/s1. The first-order valence-electron chi connectivity index (χ1n) is 4.16. The van der Waals surface area contributed by atoms with E-state index in [1.54, 1.807) is 0 Å². The van der Waals surface area contributed by atoms with E-state index in [-0.39, 0.29) is 4.83 Å². The fraction of sp³-hybridized carbons (Fsp3) is 0.750. The Bertz CT molecular complexity index is 216. The zero-order valence-corrected chi connectivity index (χ0v) is 8.87. The molecular weight excluding hydrogens is 240 g/mol. The molecule has 0 N–H and O–H groups in total. The third-order valence-electron chi connectivity index (χ3n) is 1.76. The number of cyclic esters (lactones) is 1. The first kappa shape index (κ1) is 10.5. The minimum absolute atomic E-state index is 0.332. The van der Waals surface area contributed by atoms with Gasteiger partial charge in [0, 0.05) is 6.42 Å². The normalized spacial score (nSPS) is 23.8. The van der Waals surface area contributed by atoms with Gasteiger partial charge < -0.3 is 9.47 Å². The van der Waals surface area contributed by atoms with Crippen LogP contribution in [-0.4, -0.2) is 29.5 Å². The molecule has 0 aromatic heterocycles. The van der Waals surface area contributed by atoms with Crippen LogP contribution in [0.4, 0.5) is 0 Å². The van der Waals surface area contributed by atoms with Crippen LogP contribution in [0.3, 0.4) is 0 Å². The maximum absolute atomic E-state index is 11.2. The number of rotatable bonds is 3.